The highest BCUT2D eigenvalue weighted by atomic mass is 16.4. The third kappa shape index (κ3) is 3.48. The van der Waals surface area contributed by atoms with E-state index < -0.39 is 17.9 Å². The molecule has 0 spiro atoms. The Balaban J connectivity index is 2.23. The van der Waals surface area contributed by atoms with Crippen LogP contribution in [0.2, 0.25) is 0 Å². The van der Waals surface area contributed by atoms with E-state index in [9.17, 15) is 14.7 Å². The number of carbonyl (C=O) groups is 2. The molecule has 0 fully saturated rings. The average Bonchev–Trinajstić information content (AvgIpc) is 2.48. The number of amides is 1. The van der Waals surface area contributed by atoms with E-state index in [0.29, 0.717) is 11.1 Å². The molecule has 0 saturated heterocycles. The smallest absolute Gasteiger partial charge is 0.330 e. The van der Waals surface area contributed by atoms with Gasteiger partial charge in [-0.15, -0.1) is 0 Å². The highest BCUT2D eigenvalue weighted by Crippen LogP contribution is 2.15. The van der Waals surface area contributed by atoms with Gasteiger partial charge in [0, 0.05) is 5.56 Å². The highest BCUT2D eigenvalue weighted by Gasteiger charge is 2.22. The second-order valence-electron chi connectivity index (χ2n) is 4.95. The number of aryl methyl sites for hydroxylation is 2. The Morgan fingerprint density at radius 3 is 2.24 bits per heavy atom. The number of carbonyl (C=O) groups excluding carboxylic acids is 1. The lowest BCUT2D eigenvalue weighted by Gasteiger charge is -2.15. The molecule has 0 aliphatic carbocycles. The fourth-order valence-electron chi connectivity index (χ4n) is 2.03. The second-order valence-corrected chi connectivity index (χ2v) is 4.95. The van der Waals surface area contributed by atoms with Gasteiger partial charge in [0.2, 0.25) is 0 Å². The lowest BCUT2D eigenvalue weighted by molar-refractivity contribution is -0.139. The molecule has 2 rings (SSSR count). The molecule has 4 heteroatoms. The van der Waals surface area contributed by atoms with Gasteiger partial charge in [-0.05, 0) is 42.7 Å². The third-order valence-electron chi connectivity index (χ3n) is 3.42. The first-order valence-corrected chi connectivity index (χ1v) is 6.65. The van der Waals surface area contributed by atoms with Crippen LogP contribution in [0.5, 0.6) is 0 Å². The molecule has 0 saturated carbocycles. The van der Waals surface area contributed by atoms with Crippen molar-refractivity contribution in [3.63, 3.8) is 0 Å². The summed E-state index contributed by atoms with van der Waals surface area (Å²) in [4.78, 5) is 23.6. The fraction of sp³-hybridized carbons (Fsp3) is 0.176. The van der Waals surface area contributed by atoms with Crippen LogP contribution in [-0.4, -0.2) is 17.0 Å². The lowest BCUT2D eigenvalue weighted by Crippen LogP contribution is -2.33. The minimum Gasteiger partial charge on any atom is -0.479 e. The topological polar surface area (TPSA) is 66.4 Å². The van der Waals surface area contributed by atoms with E-state index in [1.807, 2.05) is 19.9 Å². The highest BCUT2D eigenvalue weighted by molar-refractivity contribution is 5.97. The Morgan fingerprint density at radius 2 is 1.67 bits per heavy atom. The second kappa shape index (κ2) is 6.22. The summed E-state index contributed by atoms with van der Waals surface area (Å²) in [7, 11) is 0. The molecule has 2 aromatic rings. The number of carboxylic acid groups (broad SMARTS) is 1. The molecule has 0 aromatic heterocycles. The summed E-state index contributed by atoms with van der Waals surface area (Å²) in [6.45, 7) is 3.87. The van der Waals surface area contributed by atoms with Crippen molar-refractivity contribution in [2.45, 2.75) is 19.9 Å². The third-order valence-corrected chi connectivity index (χ3v) is 3.42. The van der Waals surface area contributed by atoms with E-state index in [1.165, 1.54) is 0 Å². The summed E-state index contributed by atoms with van der Waals surface area (Å²) in [5.41, 5.74) is 3.08. The molecular formula is C17H17NO3. The van der Waals surface area contributed by atoms with Gasteiger partial charge in [-0.2, -0.15) is 0 Å². The quantitative estimate of drug-likeness (QED) is 0.906. The maximum atomic E-state index is 12.2. The monoisotopic (exact) mass is 283 g/mol. The molecule has 2 N–H and O–H groups in total. The SMILES string of the molecule is Cc1ccc(C(=O)N[C@@H](C(=O)O)c2ccccc2)cc1C. The molecule has 0 heterocycles. The van der Waals surface area contributed by atoms with E-state index in [1.54, 1.807) is 42.5 Å². The van der Waals surface area contributed by atoms with Crippen molar-refractivity contribution in [3.8, 4) is 0 Å². The molecule has 0 aliphatic heterocycles. The van der Waals surface area contributed by atoms with Crippen molar-refractivity contribution >= 4 is 11.9 Å². The van der Waals surface area contributed by atoms with Crippen LogP contribution in [-0.2, 0) is 4.79 Å². The van der Waals surface area contributed by atoms with Crippen LogP contribution in [0.4, 0.5) is 0 Å². The molecule has 1 atom stereocenters. The first kappa shape index (κ1) is 14.8. The molecule has 0 aliphatic rings. The fourth-order valence-corrected chi connectivity index (χ4v) is 2.03. The average molecular weight is 283 g/mol. The van der Waals surface area contributed by atoms with Gasteiger partial charge in [0.05, 0.1) is 0 Å². The van der Waals surface area contributed by atoms with Crippen molar-refractivity contribution in [2.24, 2.45) is 0 Å². The zero-order chi connectivity index (χ0) is 15.4. The van der Waals surface area contributed by atoms with E-state index in [2.05, 4.69) is 5.32 Å². The number of nitrogens with one attached hydrogen (secondary N) is 1. The van der Waals surface area contributed by atoms with Gasteiger partial charge < -0.3 is 10.4 Å². The van der Waals surface area contributed by atoms with Crippen molar-refractivity contribution in [1.29, 1.82) is 0 Å². The van der Waals surface area contributed by atoms with E-state index >= 15 is 0 Å². The van der Waals surface area contributed by atoms with Crippen LogP contribution >= 0.6 is 0 Å². The molecular weight excluding hydrogens is 266 g/mol. The van der Waals surface area contributed by atoms with Gasteiger partial charge in [-0.1, -0.05) is 36.4 Å². The van der Waals surface area contributed by atoms with Crippen LogP contribution < -0.4 is 5.32 Å². The number of aliphatic carboxylic acids is 1. The summed E-state index contributed by atoms with van der Waals surface area (Å²) in [6, 6.07) is 12.9. The Kier molecular flexibility index (Phi) is 4.38. The summed E-state index contributed by atoms with van der Waals surface area (Å²) in [5.74, 6) is -1.48. The Bertz CT molecular complexity index is 665. The predicted octanol–water partition coefficient (Wildman–Crippen LogP) is 2.86. The van der Waals surface area contributed by atoms with Crippen LogP contribution in [0.15, 0.2) is 48.5 Å². The molecule has 108 valence electrons. The van der Waals surface area contributed by atoms with Crippen molar-refractivity contribution in [3.05, 3.63) is 70.8 Å². The van der Waals surface area contributed by atoms with E-state index in [4.69, 9.17) is 0 Å². The first-order valence-electron chi connectivity index (χ1n) is 6.65. The first-order chi connectivity index (χ1) is 9.99. The van der Waals surface area contributed by atoms with Gasteiger partial charge >= 0.3 is 5.97 Å². The van der Waals surface area contributed by atoms with Crippen molar-refractivity contribution < 1.29 is 14.7 Å². The van der Waals surface area contributed by atoms with Gasteiger partial charge in [-0.25, -0.2) is 4.79 Å². The molecule has 0 unspecified atom stereocenters. The molecule has 0 radical (unpaired) electrons. The molecule has 2 aromatic carbocycles. The zero-order valence-electron chi connectivity index (χ0n) is 12.0. The standard InChI is InChI=1S/C17H17NO3/c1-11-8-9-14(10-12(11)2)16(19)18-15(17(20)21)13-6-4-3-5-7-13/h3-10,15H,1-2H3,(H,18,19)(H,20,21)/t15-/m1/s1. The Labute approximate surface area is 123 Å². The Hall–Kier alpha value is -2.62. The van der Waals surface area contributed by atoms with Gasteiger partial charge in [0.1, 0.15) is 0 Å². The number of rotatable bonds is 4. The molecule has 0 bridgehead atoms. The lowest BCUT2D eigenvalue weighted by atomic mass is 10.0. The van der Waals surface area contributed by atoms with Crippen molar-refractivity contribution in [2.75, 3.05) is 0 Å². The maximum Gasteiger partial charge on any atom is 0.330 e. The Morgan fingerprint density at radius 1 is 1.00 bits per heavy atom. The van der Waals surface area contributed by atoms with Gasteiger partial charge in [-0.3, -0.25) is 4.79 Å². The zero-order valence-corrected chi connectivity index (χ0v) is 12.0. The minimum atomic E-state index is -1.08. The summed E-state index contributed by atoms with van der Waals surface area (Å²) < 4.78 is 0. The number of hydrogen-bond acceptors (Lipinski definition) is 2. The normalized spacial score (nSPS) is 11.7. The van der Waals surface area contributed by atoms with Gasteiger partial charge in [0.15, 0.2) is 6.04 Å². The summed E-state index contributed by atoms with van der Waals surface area (Å²) >= 11 is 0. The van der Waals surface area contributed by atoms with E-state index in [-0.39, 0.29) is 0 Å². The number of hydrogen-bond donors (Lipinski definition) is 2. The molecule has 21 heavy (non-hydrogen) atoms. The minimum absolute atomic E-state index is 0.394. The van der Waals surface area contributed by atoms with Crippen LogP contribution in [0.3, 0.4) is 0 Å². The largest absolute Gasteiger partial charge is 0.479 e. The van der Waals surface area contributed by atoms with Gasteiger partial charge in [0.25, 0.3) is 5.91 Å². The molecule has 4 nitrogen and oxygen atoms in total. The summed E-state index contributed by atoms with van der Waals surface area (Å²) in [5, 5.41) is 11.9. The van der Waals surface area contributed by atoms with Crippen molar-refractivity contribution in [1.82, 2.24) is 5.32 Å². The maximum absolute atomic E-state index is 12.2. The van der Waals surface area contributed by atoms with Crippen LogP contribution in [0.1, 0.15) is 33.1 Å². The van der Waals surface area contributed by atoms with Crippen LogP contribution in [0.25, 0.3) is 0 Å². The van der Waals surface area contributed by atoms with Crippen LogP contribution in [0, 0.1) is 13.8 Å². The number of carboxylic acids is 1. The summed E-state index contributed by atoms with van der Waals surface area (Å²) in [6.07, 6.45) is 0. The molecule has 1 amide bonds. The predicted molar refractivity (Wildman–Crippen MR) is 80.2 cm³/mol. The van der Waals surface area contributed by atoms with E-state index in [0.717, 1.165) is 11.1 Å². The number of benzene rings is 2.